The number of hydrogen-bond donors (Lipinski definition) is 0. The van der Waals surface area contributed by atoms with Gasteiger partial charge in [0.25, 0.3) is 0 Å². The summed E-state index contributed by atoms with van der Waals surface area (Å²) in [5, 5.41) is 8.21. The van der Waals surface area contributed by atoms with Crippen molar-refractivity contribution >= 4 is 5.91 Å². The van der Waals surface area contributed by atoms with Crippen molar-refractivity contribution < 1.29 is 13.9 Å². The zero-order valence-electron chi connectivity index (χ0n) is 16.3. The van der Waals surface area contributed by atoms with E-state index in [9.17, 15) is 4.79 Å². The van der Waals surface area contributed by atoms with Gasteiger partial charge in [-0.1, -0.05) is 55.5 Å². The molecule has 0 N–H and O–H groups in total. The lowest BCUT2D eigenvalue weighted by Gasteiger charge is -2.33. The van der Waals surface area contributed by atoms with E-state index in [2.05, 4.69) is 16.1 Å². The first-order valence-corrected chi connectivity index (χ1v) is 9.86. The van der Waals surface area contributed by atoms with Gasteiger partial charge in [0, 0.05) is 26.0 Å². The number of nitrogens with zero attached hydrogens (tertiary/aromatic N) is 3. The van der Waals surface area contributed by atoms with Gasteiger partial charge in [-0.3, -0.25) is 4.79 Å². The molecule has 0 unspecified atom stereocenters. The van der Waals surface area contributed by atoms with Crippen molar-refractivity contribution in [2.24, 2.45) is 0 Å². The number of amides is 1. The maximum atomic E-state index is 12.7. The Labute approximate surface area is 166 Å². The number of carbonyl (C=O) groups excluding carboxylic acids is 1. The summed E-state index contributed by atoms with van der Waals surface area (Å²) in [5.41, 5.74) is 0.939. The van der Waals surface area contributed by atoms with Gasteiger partial charge in [-0.15, -0.1) is 16.6 Å². The van der Waals surface area contributed by atoms with Crippen LogP contribution in [-0.4, -0.2) is 40.7 Å². The summed E-state index contributed by atoms with van der Waals surface area (Å²) >= 11 is 0. The van der Waals surface area contributed by atoms with Crippen LogP contribution in [0.1, 0.15) is 62.0 Å². The Bertz CT molecular complexity index is 791. The van der Waals surface area contributed by atoms with Gasteiger partial charge in [-0.25, -0.2) is 0 Å². The second kappa shape index (κ2) is 10.0. The van der Waals surface area contributed by atoms with E-state index in [1.165, 1.54) is 6.42 Å². The first-order valence-electron chi connectivity index (χ1n) is 9.86. The third-order valence-electron chi connectivity index (χ3n) is 5.19. The number of benzene rings is 1. The maximum Gasteiger partial charge on any atom is 0.249 e. The van der Waals surface area contributed by atoms with Crippen molar-refractivity contribution in [3.8, 4) is 12.3 Å². The van der Waals surface area contributed by atoms with Crippen molar-refractivity contribution in [1.82, 2.24) is 15.1 Å². The fourth-order valence-electron chi connectivity index (χ4n) is 3.75. The number of hydrogen-bond acceptors (Lipinski definition) is 5. The first kappa shape index (κ1) is 20.1. The van der Waals surface area contributed by atoms with Crippen LogP contribution in [0.2, 0.25) is 0 Å². The number of aryl methyl sites for hydroxylation is 1. The van der Waals surface area contributed by atoms with Crippen LogP contribution in [0.5, 0.6) is 0 Å². The molecule has 1 amide bonds. The van der Waals surface area contributed by atoms with Crippen LogP contribution in [0.15, 0.2) is 34.7 Å². The molecule has 6 heteroatoms. The summed E-state index contributed by atoms with van der Waals surface area (Å²) < 4.78 is 11.3. The smallest absolute Gasteiger partial charge is 0.249 e. The second-order valence-corrected chi connectivity index (χ2v) is 7.08. The zero-order chi connectivity index (χ0) is 19.8. The van der Waals surface area contributed by atoms with Crippen LogP contribution in [0, 0.1) is 12.3 Å². The van der Waals surface area contributed by atoms with Gasteiger partial charge in [-0.05, 0) is 18.4 Å². The molecule has 0 bridgehead atoms. The fourth-order valence-corrected chi connectivity index (χ4v) is 3.75. The number of terminal acetylenes is 1. The minimum Gasteiger partial charge on any atom is -0.422 e. The monoisotopic (exact) mass is 381 g/mol. The minimum absolute atomic E-state index is 0.0518. The summed E-state index contributed by atoms with van der Waals surface area (Å²) in [5.74, 6) is 3.51. The van der Waals surface area contributed by atoms with Gasteiger partial charge in [-0.2, -0.15) is 0 Å². The van der Waals surface area contributed by atoms with Gasteiger partial charge in [0.2, 0.25) is 17.7 Å². The Kier molecular flexibility index (Phi) is 7.21. The third kappa shape index (κ3) is 4.99. The quantitative estimate of drug-likeness (QED) is 0.654. The summed E-state index contributed by atoms with van der Waals surface area (Å²) in [6.07, 6.45) is 11.4. The predicted molar refractivity (Wildman–Crippen MR) is 105 cm³/mol. The van der Waals surface area contributed by atoms with E-state index < -0.39 is 6.10 Å². The molecule has 1 fully saturated rings. The zero-order valence-corrected chi connectivity index (χ0v) is 16.3. The number of rotatable bonds is 8. The van der Waals surface area contributed by atoms with Gasteiger partial charge in [0.05, 0.1) is 6.54 Å². The molecule has 1 aliphatic rings. The van der Waals surface area contributed by atoms with Crippen LogP contribution in [0.4, 0.5) is 0 Å². The maximum absolute atomic E-state index is 12.7. The summed E-state index contributed by atoms with van der Waals surface area (Å²) in [7, 11) is 1.60. The van der Waals surface area contributed by atoms with Gasteiger partial charge in [0.1, 0.15) is 0 Å². The average molecular weight is 381 g/mol. The lowest BCUT2D eigenvalue weighted by atomic mass is 9.94. The van der Waals surface area contributed by atoms with Crippen molar-refractivity contribution in [3.63, 3.8) is 0 Å². The molecule has 3 rings (SSSR count). The summed E-state index contributed by atoms with van der Waals surface area (Å²) in [4.78, 5) is 14.6. The molecule has 0 aliphatic heterocycles. The van der Waals surface area contributed by atoms with E-state index in [4.69, 9.17) is 15.6 Å². The fraction of sp³-hybridized carbons (Fsp3) is 0.500. The average Bonchev–Trinajstić information content (AvgIpc) is 3.21. The lowest BCUT2D eigenvalue weighted by molar-refractivity contribution is -0.133. The molecule has 1 aliphatic carbocycles. The Balaban J connectivity index is 1.61. The van der Waals surface area contributed by atoms with E-state index in [0.717, 1.165) is 31.2 Å². The highest BCUT2D eigenvalue weighted by atomic mass is 16.5. The van der Waals surface area contributed by atoms with Crippen LogP contribution < -0.4 is 0 Å². The highest BCUT2D eigenvalue weighted by molar-refractivity contribution is 5.77. The molecular formula is C22H27N3O3. The lowest BCUT2D eigenvalue weighted by Crippen LogP contribution is -2.41. The number of methoxy groups -OCH3 is 1. The SMILES string of the molecule is C#CCN(C(=O)CCc1nnc([C@@H](OC)c2ccccc2)o1)C1CCCCC1. The van der Waals surface area contributed by atoms with Crippen LogP contribution in [0.25, 0.3) is 0 Å². The normalized spacial score (nSPS) is 15.7. The molecular weight excluding hydrogens is 354 g/mol. The summed E-state index contributed by atoms with van der Waals surface area (Å²) in [6.45, 7) is 0.359. The van der Waals surface area contributed by atoms with E-state index in [-0.39, 0.29) is 11.9 Å². The molecule has 1 aromatic carbocycles. The van der Waals surface area contributed by atoms with E-state index in [0.29, 0.717) is 31.2 Å². The molecule has 1 saturated carbocycles. The van der Waals surface area contributed by atoms with Gasteiger partial charge in [0.15, 0.2) is 6.10 Å². The number of aromatic nitrogens is 2. The van der Waals surface area contributed by atoms with Crippen molar-refractivity contribution in [2.75, 3.05) is 13.7 Å². The summed E-state index contributed by atoms with van der Waals surface area (Å²) in [6, 6.07) is 9.96. The van der Waals surface area contributed by atoms with Crippen molar-refractivity contribution in [1.29, 1.82) is 0 Å². The topological polar surface area (TPSA) is 68.5 Å². The second-order valence-electron chi connectivity index (χ2n) is 7.08. The highest BCUT2D eigenvalue weighted by Crippen LogP contribution is 2.25. The molecule has 1 aromatic heterocycles. The molecule has 28 heavy (non-hydrogen) atoms. The van der Waals surface area contributed by atoms with Crippen molar-refractivity contribution in [2.45, 2.75) is 57.1 Å². The first-order chi connectivity index (χ1) is 13.7. The third-order valence-corrected chi connectivity index (χ3v) is 5.19. The number of ether oxygens (including phenoxy) is 1. The highest BCUT2D eigenvalue weighted by Gasteiger charge is 2.25. The Morgan fingerprint density at radius 3 is 2.71 bits per heavy atom. The molecule has 1 heterocycles. The standard InChI is InChI=1S/C22H27N3O3/c1-3-16-25(18-12-8-5-9-13-18)20(26)15-14-19-23-24-22(28-19)21(27-2)17-10-6-4-7-11-17/h1,4,6-7,10-11,18,21H,5,8-9,12-16H2,2H3/t21-/m0/s1. The molecule has 6 nitrogen and oxygen atoms in total. The Morgan fingerprint density at radius 1 is 1.29 bits per heavy atom. The predicted octanol–water partition coefficient (Wildman–Crippen LogP) is 3.53. The van der Waals surface area contributed by atoms with Crippen molar-refractivity contribution in [3.05, 3.63) is 47.7 Å². The number of carbonyl (C=O) groups is 1. The molecule has 0 saturated heterocycles. The van der Waals surface area contributed by atoms with Crippen LogP contribution in [-0.2, 0) is 16.0 Å². The molecule has 148 valence electrons. The Morgan fingerprint density at radius 2 is 2.04 bits per heavy atom. The Hall–Kier alpha value is -2.65. The molecule has 1 atom stereocenters. The molecule has 2 aromatic rings. The van der Waals surface area contributed by atoms with E-state index in [1.54, 1.807) is 7.11 Å². The molecule has 0 radical (unpaired) electrons. The van der Waals surface area contributed by atoms with Crippen LogP contribution >= 0.6 is 0 Å². The van der Waals surface area contributed by atoms with E-state index in [1.807, 2.05) is 35.2 Å². The van der Waals surface area contributed by atoms with E-state index >= 15 is 0 Å². The van der Waals surface area contributed by atoms with Crippen LogP contribution in [0.3, 0.4) is 0 Å². The largest absolute Gasteiger partial charge is 0.422 e. The minimum atomic E-state index is -0.418. The molecule has 0 spiro atoms. The van der Waals surface area contributed by atoms with Gasteiger partial charge < -0.3 is 14.1 Å². The van der Waals surface area contributed by atoms with Gasteiger partial charge >= 0.3 is 0 Å².